The lowest BCUT2D eigenvalue weighted by Gasteiger charge is -2.15. The van der Waals surface area contributed by atoms with E-state index in [0.717, 1.165) is 6.42 Å². The Balaban J connectivity index is 0.00000576. The van der Waals surface area contributed by atoms with Crippen molar-refractivity contribution in [1.82, 2.24) is 10.6 Å². The summed E-state index contributed by atoms with van der Waals surface area (Å²) < 4.78 is 40.2. The Morgan fingerprint density at radius 1 is 1.24 bits per heavy atom. The summed E-state index contributed by atoms with van der Waals surface area (Å²) in [5.74, 6) is 1.12. The first-order chi connectivity index (χ1) is 11.6. The maximum absolute atomic E-state index is 12.6. The first-order valence-corrected chi connectivity index (χ1v) is 7.74. The number of guanidine groups is 1. The number of ether oxygens (including phenoxy) is 3. The van der Waals surface area contributed by atoms with Crippen LogP contribution < -0.4 is 20.1 Å². The van der Waals surface area contributed by atoms with E-state index in [0.29, 0.717) is 37.0 Å². The monoisotopic (exact) mass is 473 g/mol. The van der Waals surface area contributed by atoms with Crippen molar-refractivity contribution in [3.05, 3.63) is 23.8 Å². The van der Waals surface area contributed by atoms with Crippen LogP contribution in [0, 0.1) is 0 Å². The lowest BCUT2D eigenvalue weighted by Crippen LogP contribution is -2.38. The summed E-state index contributed by atoms with van der Waals surface area (Å²) in [6.45, 7) is 0.982. The molecule has 0 bridgehead atoms. The highest BCUT2D eigenvalue weighted by atomic mass is 127. The molecule has 0 aliphatic carbocycles. The molecule has 0 heterocycles. The van der Waals surface area contributed by atoms with Crippen molar-refractivity contribution < 1.29 is 23.0 Å². The quantitative estimate of drug-likeness (QED) is 0.237. The Kier molecular flexibility index (Phi) is 13.1. The van der Waals surface area contributed by atoms with Gasteiger partial charge in [0, 0.05) is 38.9 Å². The highest BCUT2D eigenvalue weighted by Crippen LogP contribution is 2.26. The molecule has 9 heteroatoms. The van der Waals surface area contributed by atoms with E-state index in [9.17, 15) is 8.78 Å². The largest absolute Gasteiger partial charge is 0.493 e. The summed E-state index contributed by atoms with van der Waals surface area (Å²) in [5.41, 5.74) is 0.578. The Labute approximate surface area is 164 Å². The molecular formula is C16H26F2IN3O3. The van der Waals surface area contributed by atoms with Crippen molar-refractivity contribution in [2.75, 3.05) is 33.9 Å². The molecule has 0 unspecified atom stereocenters. The molecular weight excluding hydrogens is 447 g/mol. The zero-order chi connectivity index (χ0) is 17.8. The number of nitrogens with zero attached hydrogens (tertiary/aromatic N) is 1. The third kappa shape index (κ3) is 9.63. The molecule has 25 heavy (non-hydrogen) atoms. The predicted octanol–water partition coefficient (Wildman–Crippen LogP) is 3.01. The van der Waals surface area contributed by atoms with Crippen LogP contribution in [0.25, 0.3) is 0 Å². The molecule has 144 valence electrons. The van der Waals surface area contributed by atoms with Gasteiger partial charge in [-0.1, -0.05) is 6.92 Å². The van der Waals surface area contributed by atoms with Crippen molar-refractivity contribution >= 4 is 29.9 Å². The van der Waals surface area contributed by atoms with E-state index < -0.39 is 6.61 Å². The van der Waals surface area contributed by atoms with Crippen LogP contribution in [0.3, 0.4) is 0 Å². The minimum atomic E-state index is -2.90. The van der Waals surface area contributed by atoms with Crippen LogP contribution in [0.1, 0.15) is 18.9 Å². The summed E-state index contributed by atoms with van der Waals surface area (Å²) in [5, 5.41) is 6.08. The Bertz CT molecular complexity index is 519. The molecule has 0 aromatic heterocycles. The van der Waals surface area contributed by atoms with Crippen molar-refractivity contribution in [2.24, 2.45) is 4.99 Å². The first kappa shape index (κ1) is 23.6. The average Bonchev–Trinajstić information content (AvgIpc) is 2.56. The van der Waals surface area contributed by atoms with Crippen molar-refractivity contribution in [3.63, 3.8) is 0 Å². The van der Waals surface area contributed by atoms with Crippen LogP contribution in [-0.2, 0) is 11.3 Å². The molecule has 6 nitrogen and oxygen atoms in total. The van der Waals surface area contributed by atoms with Gasteiger partial charge in [-0.05, 0) is 18.6 Å². The van der Waals surface area contributed by atoms with E-state index in [-0.39, 0.29) is 36.3 Å². The first-order valence-electron chi connectivity index (χ1n) is 7.74. The van der Waals surface area contributed by atoms with Gasteiger partial charge in [0.2, 0.25) is 0 Å². The van der Waals surface area contributed by atoms with Crippen molar-refractivity contribution in [3.8, 4) is 11.5 Å². The van der Waals surface area contributed by atoms with Crippen molar-refractivity contribution in [2.45, 2.75) is 26.5 Å². The van der Waals surface area contributed by atoms with E-state index in [1.807, 2.05) is 6.92 Å². The zero-order valence-electron chi connectivity index (χ0n) is 14.7. The van der Waals surface area contributed by atoms with Gasteiger partial charge in [0.15, 0.2) is 5.96 Å². The number of nitrogens with one attached hydrogen (secondary N) is 2. The molecule has 0 spiro atoms. The smallest absolute Gasteiger partial charge is 0.387 e. The number of methoxy groups -OCH3 is 1. The third-order valence-corrected chi connectivity index (χ3v) is 3.00. The number of hydrogen-bond acceptors (Lipinski definition) is 4. The molecule has 0 saturated carbocycles. The number of alkyl halides is 2. The van der Waals surface area contributed by atoms with E-state index in [4.69, 9.17) is 9.47 Å². The Morgan fingerprint density at radius 3 is 2.60 bits per heavy atom. The van der Waals surface area contributed by atoms with Gasteiger partial charge in [-0.25, -0.2) is 0 Å². The van der Waals surface area contributed by atoms with Crippen LogP contribution >= 0.6 is 24.0 Å². The molecule has 0 fully saturated rings. The molecule has 0 aliphatic heterocycles. The molecule has 0 aliphatic rings. The summed E-state index contributed by atoms with van der Waals surface area (Å²) in [7, 11) is 3.23. The van der Waals surface area contributed by atoms with Crippen LogP contribution in [0.5, 0.6) is 11.5 Å². The SMILES string of the molecule is CCCOc1ccc(CNC(=NC)NCCOC)c(OC(F)F)c1.I. The second-order valence-corrected chi connectivity index (χ2v) is 4.84. The number of hydrogen-bond donors (Lipinski definition) is 2. The van der Waals surface area contributed by atoms with E-state index in [1.54, 1.807) is 26.3 Å². The highest BCUT2D eigenvalue weighted by Gasteiger charge is 2.12. The molecule has 2 N–H and O–H groups in total. The standard InChI is InChI=1S/C16H25F2N3O3.HI/c1-4-8-23-13-6-5-12(14(10-13)24-15(17)18)11-21-16(19-2)20-7-9-22-3;/h5-6,10,15H,4,7-9,11H2,1-3H3,(H2,19,20,21);1H. The van der Waals surface area contributed by atoms with Crippen LogP contribution in [0.4, 0.5) is 8.78 Å². The maximum atomic E-state index is 12.6. The second kappa shape index (κ2) is 13.9. The number of aliphatic imine (C=N–C) groups is 1. The molecule has 0 amide bonds. The predicted molar refractivity (Wildman–Crippen MR) is 104 cm³/mol. The minimum absolute atomic E-state index is 0. The number of rotatable bonds is 10. The number of benzene rings is 1. The highest BCUT2D eigenvalue weighted by molar-refractivity contribution is 14.0. The molecule has 1 aromatic rings. The molecule has 0 atom stereocenters. The normalized spacial score (nSPS) is 11.0. The van der Waals surface area contributed by atoms with Gasteiger partial charge in [0.25, 0.3) is 0 Å². The topological polar surface area (TPSA) is 64.1 Å². The zero-order valence-corrected chi connectivity index (χ0v) is 17.0. The summed E-state index contributed by atoms with van der Waals surface area (Å²) in [4.78, 5) is 4.05. The minimum Gasteiger partial charge on any atom is -0.493 e. The van der Waals surface area contributed by atoms with Gasteiger partial charge in [-0.3, -0.25) is 4.99 Å². The lowest BCUT2D eigenvalue weighted by molar-refractivity contribution is -0.0505. The second-order valence-electron chi connectivity index (χ2n) is 4.84. The summed E-state index contributed by atoms with van der Waals surface area (Å²) >= 11 is 0. The third-order valence-electron chi connectivity index (χ3n) is 3.00. The van der Waals surface area contributed by atoms with Gasteiger partial charge in [0.1, 0.15) is 11.5 Å². The molecule has 1 rings (SSSR count). The number of halogens is 3. The average molecular weight is 473 g/mol. The van der Waals surface area contributed by atoms with Crippen LogP contribution in [0.2, 0.25) is 0 Å². The lowest BCUT2D eigenvalue weighted by atomic mass is 10.2. The fourth-order valence-corrected chi connectivity index (χ4v) is 1.87. The fourth-order valence-electron chi connectivity index (χ4n) is 1.87. The Hall–Kier alpha value is -1.36. The summed E-state index contributed by atoms with van der Waals surface area (Å²) in [6, 6.07) is 4.89. The van der Waals surface area contributed by atoms with Gasteiger partial charge in [-0.15, -0.1) is 24.0 Å². The van der Waals surface area contributed by atoms with E-state index >= 15 is 0 Å². The van der Waals surface area contributed by atoms with Gasteiger partial charge >= 0.3 is 6.61 Å². The summed E-state index contributed by atoms with van der Waals surface area (Å²) in [6.07, 6.45) is 0.831. The van der Waals surface area contributed by atoms with Crippen LogP contribution in [0.15, 0.2) is 23.2 Å². The molecule has 0 saturated heterocycles. The van der Waals surface area contributed by atoms with Gasteiger partial charge < -0.3 is 24.8 Å². The van der Waals surface area contributed by atoms with E-state index in [1.165, 1.54) is 6.07 Å². The van der Waals surface area contributed by atoms with Crippen molar-refractivity contribution in [1.29, 1.82) is 0 Å². The van der Waals surface area contributed by atoms with Crippen LogP contribution in [-0.4, -0.2) is 46.5 Å². The van der Waals surface area contributed by atoms with E-state index in [2.05, 4.69) is 20.4 Å². The molecule has 1 aromatic carbocycles. The van der Waals surface area contributed by atoms with Gasteiger partial charge in [0.05, 0.1) is 13.2 Å². The fraction of sp³-hybridized carbons (Fsp3) is 0.562. The molecule has 0 radical (unpaired) electrons. The maximum Gasteiger partial charge on any atom is 0.387 e. The Morgan fingerprint density at radius 2 is 2.00 bits per heavy atom. The van der Waals surface area contributed by atoms with Gasteiger partial charge in [-0.2, -0.15) is 8.78 Å².